The molecule has 0 aliphatic carbocycles. The fourth-order valence-corrected chi connectivity index (χ4v) is 2.66. The van der Waals surface area contributed by atoms with E-state index in [4.69, 9.17) is 9.47 Å². The van der Waals surface area contributed by atoms with Crippen LogP contribution in [-0.4, -0.2) is 42.2 Å². The lowest BCUT2D eigenvalue weighted by molar-refractivity contribution is -0.0667. The molecular formula is C18H25F2NO3. The lowest BCUT2D eigenvalue weighted by Crippen LogP contribution is -2.50. The molecule has 1 heterocycles. The predicted octanol–water partition coefficient (Wildman–Crippen LogP) is 4.09. The molecule has 0 radical (unpaired) electrons. The van der Waals surface area contributed by atoms with Crippen LogP contribution in [0.4, 0.5) is 13.6 Å². The third-order valence-electron chi connectivity index (χ3n) is 3.78. The minimum Gasteiger partial charge on any atom is -0.444 e. The first-order valence-electron chi connectivity index (χ1n) is 8.16. The second-order valence-electron chi connectivity index (χ2n) is 7.13. The Morgan fingerprint density at radius 2 is 1.92 bits per heavy atom. The number of carbonyl (C=O) groups excluding carboxylic acids is 1. The number of hydrogen-bond acceptors (Lipinski definition) is 3. The number of piperidine rings is 1. The largest absolute Gasteiger partial charge is 0.444 e. The molecule has 134 valence electrons. The zero-order chi connectivity index (χ0) is 17.7. The van der Waals surface area contributed by atoms with E-state index in [0.717, 1.165) is 5.56 Å². The van der Waals surface area contributed by atoms with Crippen LogP contribution in [0.5, 0.6) is 0 Å². The molecule has 2 atom stereocenters. The summed E-state index contributed by atoms with van der Waals surface area (Å²) in [6, 6.07) is 9.53. The van der Waals surface area contributed by atoms with Gasteiger partial charge in [0.05, 0.1) is 19.3 Å². The van der Waals surface area contributed by atoms with Crippen molar-refractivity contribution in [3.8, 4) is 0 Å². The number of likely N-dealkylation sites (tertiary alicyclic amines) is 1. The van der Waals surface area contributed by atoms with E-state index < -0.39 is 30.1 Å². The van der Waals surface area contributed by atoms with Crippen LogP contribution < -0.4 is 0 Å². The van der Waals surface area contributed by atoms with Crippen molar-refractivity contribution >= 4 is 6.09 Å². The van der Waals surface area contributed by atoms with Crippen molar-refractivity contribution in [2.24, 2.45) is 5.92 Å². The molecule has 0 N–H and O–H groups in total. The van der Waals surface area contributed by atoms with Gasteiger partial charge in [-0.05, 0) is 32.8 Å². The molecule has 1 aromatic carbocycles. The Kier molecular flexibility index (Phi) is 6.15. The number of ether oxygens (including phenoxy) is 2. The summed E-state index contributed by atoms with van der Waals surface area (Å²) in [6.45, 7) is 5.86. The fourth-order valence-electron chi connectivity index (χ4n) is 2.66. The van der Waals surface area contributed by atoms with Crippen molar-refractivity contribution in [2.75, 3.05) is 13.1 Å². The molecule has 0 aromatic heterocycles. The maximum atomic E-state index is 13.2. The SMILES string of the molecule is CC(C)(C)OC(=O)N1CC(OCc2ccccc2)CC(C(F)F)C1. The van der Waals surface area contributed by atoms with Crippen molar-refractivity contribution < 1.29 is 23.0 Å². The second kappa shape index (κ2) is 7.92. The van der Waals surface area contributed by atoms with Gasteiger partial charge in [-0.15, -0.1) is 0 Å². The minimum absolute atomic E-state index is 0.00221. The predicted molar refractivity (Wildman–Crippen MR) is 86.9 cm³/mol. The summed E-state index contributed by atoms with van der Waals surface area (Å²) in [5.74, 6) is -0.896. The Morgan fingerprint density at radius 1 is 1.25 bits per heavy atom. The molecule has 1 aromatic rings. The van der Waals surface area contributed by atoms with E-state index in [0.29, 0.717) is 6.61 Å². The fraction of sp³-hybridized carbons (Fsp3) is 0.611. The second-order valence-corrected chi connectivity index (χ2v) is 7.13. The van der Waals surface area contributed by atoms with Crippen molar-refractivity contribution in [1.82, 2.24) is 4.90 Å². The number of hydrogen-bond donors (Lipinski definition) is 0. The van der Waals surface area contributed by atoms with E-state index in [-0.39, 0.29) is 19.5 Å². The summed E-state index contributed by atoms with van der Waals surface area (Å²) in [4.78, 5) is 13.5. The average molecular weight is 341 g/mol. The van der Waals surface area contributed by atoms with Crippen LogP contribution >= 0.6 is 0 Å². The van der Waals surface area contributed by atoms with E-state index in [1.54, 1.807) is 20.8 Å². The zero-order valence-corrected chi connectivity index (χ0v) is 14.4. The molecule has 0 saturated carbocycles. The first-order chi connectivity index (χ1) is 11.2. The highest BCUT2D eigenvalue weighted by atomic mass is 19.3. The Hall–Kier alpha value is -1.69. The molecule has 6 heteroatoms. The molecule has 0 spiro atoms. The number of halogens is 2. The average Bonchev–Trinajstić information content (AvgIpc) is 2.52. The maximum Gasteiger partial charge on any atom is 0.410 e. The van der Waals surface area contributed by atoms with Crippen molar-refractivity contribution in [1.29, 1.82) is 0 Å². The van der Waals surface area contributed by atoms with Gasteiger partial charge in [-0.25, -0.2) is 13.6 Å². The molecule has 1 aliphatic heterocycles. The number of rotatable bonds is 4. The van der Waals surface area contributed by atoms with Gasteiger partial charge in [0.15, 0.2) is 0 Å². The van der Waals surface area contributed by atoms with Crippen LogP contribution in [0.3, 0.4) is 0 Å². The number of alkyl halides is 2. The molecular weight excluding hydrogens is 316 g/mol. The van der Waals surface area contributed by atoms with E-state index in [9.17, 15) is 13.6 Å². The quantitative estimate of drug-likeness (QED) is 0.828. The smallest absolute Gasteiger partial charge is 0.410 e. The van der Waals surface area contributed by atoms with Crippen molar-refractivity contribution in [3.05, 3.63) is 35.9 Å². The summed E-state index contributed by atoms with van der Waals surface area (Å²) >= 11 is 0. The first-order valence-corrected chi connectivity index (χ1v) is 8.16. The molecule has 0 bridgehead atoms. The summed E-state index contributed by atoms with van der Waals surface area (Å²) in [5.41, 5.74) is 0.315. The van der Waals surface area contributed by atoms with Gasteiger partial charge < -0.3 is 14.4 Å². The van der Waals surface area contributed by atoms with Crippen LogP contribution in [-0.2, 0) is 16.1 Å². The molecule has 1 amide bonds. The van der Waals surface area contributed by atoms with Crippen molar-refractivity contribution in [3.63, 3.8) is 0 Å². The maximum absolute atomic E-state index is 13.2. The number of nitrogens with zero attached hydrogens (tertiary/aromatic N) is 1. The molecule has 1 fully saturated rings. The van der Waals surface area contributed by atoms with E-state index in [2.05, 4.69) is 0 Å². The summed E-state index contributed by atoms with van der Waals surface area (Å²) in [5, 5.41) is 0. The molecule has 1 aliphatic rings. The van der Waals surface area contributed by atoms with Gasteiger partial charge in [0, 0.05) is 12.5 Å². The molecule has 2 unspecified atom stereocenters. The highest BCUT2D eigenvalue weighted by Crippen LogP contribution is 2.26. The van der Waals surface area contributed by atoms with Gasteiger partial charge in [0.2, 0.25) is 6.43 Å². The molecule has 24 heavy (non-hydrogen) atoms. The Labute approximate surface area is 141 Å². The Balaban J connectivity index is 1.98. The third kappa shape index (κ3) is 5.74. The van der Waals surface area contributed by atoms with Gasteiger partial charge in [-0.3, -0.25) is 0 Å². The lowest BCUT2D eigenvalue weighted by atomic mass is 9.96. The Morgan fingerprint density at radius 3 is 2.50 bits per heavy atom. The standard InChI is InChI=1S/C18H25F2NO3/c1-18(2,3)24-17(22)21-10-14(16(19)20)9-15(11-21)23-12-13-7-5-4-6-8-13/h4-8,14-16H,9-12H2,1-3H3. The van der Waals surface area contributed by atoms with Gasteiger partial charge in [0.1, 0.15) is 5.60 Å². The highest BCUT2D eigenvalue weighted by Gasteiger charge is 2.36. The topological polar surface area (TPSA) is 38.8 Å². The number of carbonyl (C=O) groups is 1. The van der Waals surface area contributed by atoms with E-state index in [1.807, 2.05) is 30.3 Å². The van der Waals surface area contributed by atoms with Crippen LogP contribution in [0.2, 0.25) is 0 Å². The normalized spacial score (nSPS) is 21.8. The third-order valence-corrected chi connectivity index (χ3v) is 3.78. The molecule has 2 rings (SSSR count). The van der Waals surface area contributed by atoms with Crippen LogP contribution in [0.1, 0.15) is 32.8 Å². The monoisotopic (exact) mass is 341 g/mol. The van der Waals surface area contributed by atoms with E-state index >= 15 is 0 Å². The highest BCUT2D eigenvalue weighted by molar-refractivity contribution is 5.68. The minimum atomic E-state index is -2.49. The molecule has 4 nitrogen and oxygen atoms in total. The summed E-state index contributed by atoms with van der Waals surface area (Å²) in [6.07, 6.45) is -3.24. The van der Waals surface area contributed by atoms with Crippen molar-refractivity contribution in [2.45, 2.75) is 51.9 Å². The van der Waals surface area contributed by atoms with Gasteiger partial charge >= 0.3 is 6.09 Å². The Bertz CT molecular complexity index is 531. The lowest BCUT2D eigenvalue weighted by Gasteiger charge is -2.38. The first kappa shape index (κ1) is 18.6. The van der Waals surface area contributed by atoms with E-state index in [1.165, 1.54) is 4.90 Å². The van der Waals surface area contributed by atoms with Crippen LogP contribution in [0.25, 0.3) is 0 Å². The number of benzene rings is 1. The number of amides is 1. The zero-order valence-electron chi connectivity index (χ0n) is 14.4. The summed E-state index contributed by atoms with van der Waals surface area (Å²) < 4.78 is 37.5. The van der Waals surface area contributed by atoms with Gasteiger partial charge in [-0.1, -0.05) is 30.3 Å². The van der Waals surface area contributed by atoms with Gasteiger partial charge in [0.25, 0.3) is 0 Å². The van der Waals surface area contributed by atoms with Crippen LogP contribution in [0.15, 0.2) is 30.3 Å². The van der Waals surface area contributed by atoms with Gasteiger partial charge in [-0.2, -0.15) is 0 Å². The summed E-state index contributed by atoms with van der Waals surface area (Å²) in [7, 11) is 0. The molecule has 1 saturated heterocycles. The van der Waals surface area contributed by atoms with Crippen LogP contribution in [0, 0.1) is 5.92 Å².